The molecule has 2 N–H and O–H groups in total. The van der Waals surface area contributed by atoms with E-state index in [0.29, 0.717) is 6.42 Å². The van der Waals surface area contributed by atoms with Gasteiger partial charge in [0, 0.05) is 0 Å². The Morgan fingerprint density at radius 2 is 1.95 bits per heavy atom. The molecule has 0 aliphatic heterocycles. The van der Waals surface area contributed by atoms with E-state index in [9.17, 15) is 15.0 Å². The highest BCUT2D eigenvalue weighted by Crippen LogP contribution is 2.50. The van der Waals surface area contributed by atoms with Crippen LogP contribution >= 0.6 is 0 Å². The molecule has 4 atom stereocenters. The average molecular weight is 268 g/mol. The van der Waals surface area contributed by atoms with Gasteiger partial charge in [0.05, 0.1) is 6.10 Å². The van der Waals surface area contributed by atoms with Crippen LogP contribution in [-0.4, -0.2) is 22.3 Å². The first-order valence-corrected chi connectivity index (χ1v) is 7.61. The maximum absolute atomic E-state index is 11.9. The van der Waals surface area contributed by atoms with Gasteiger partial charge in [-0.15, -0.1) is 0 Å². The van der Waals surface area contributed by atoms with E-state index in [-0.39, 0.29) is 11.8 Å². The Morgan fingerprint density at radius 3 is 2.32 bits per heavy atom. The predicted octanol–water partition coefficient (Wildman–Crippen LogP) is 3.62. The molecule has 0 spiro atoms. The number of rotatable bonds is 6. The van der Waals surface area contributed by atoms with Gasteiger partial charge in [-0.25, -0.2) is 0 Å². The topological polar surface area (TPSA) is 57.5 Å². The number of aliphatic hydroxyl groups is 1. The van der Waals surface area contributed by atoms with Crippen LogP contribution in [-0.2, 0) is 4.79 Å². The summed E-state index contributed by atoms with van der Waals surface area (Å²) in [4.78, 5) is 11.9. The second kappa shape index (κ2) is 6.56. The first kappa shape index (κ1) is 16.2. The number of hydrogen-bond donors (Lipinski definition) is 2. The summed E-state index contributed by atoms with van der Waals surface area (Å²) in [6.45, 7) is 8.08. The lowest BCUT2D eigenvalue weighted by molar-refractivity contribution is -0.165. The van der Waals surface area contributed by atoms with Crippen molar-refractivity contribution in [3.05, 3.63) is 11.6 Å². The van der Waals surface area contributed by atoms with E-state index in [1.54, 1.807) is 0 Å². The highest BCUT2D eigenvalue weighted by molar-refractivity contribution is 5.77. The van der Waals surface area contributed by atoms with E-state index in [4.69, 9.17) is 0 Å². The number of allylic oxidation sites excluding steroid dienone is 1. The third-order valence-electron chi connectivity index (χ3n) is 4.91. The molecule has 19 heavy (non-hydrogen) atoms. The summed E-state index contributed by atoms with van der Waals surface area (Å²) in [5, 5.41) is 20.4. The number of aliphatic hydroxyl groups excluding tert-OH is 1. The van der Waals surface area contributed by atoms with E-state index < -0.39 is 17.5 Å². The zero-order chi connectivity index (χ0) is 14.6. The molecular formula is C16H28O3. The molecule has 0 bridgehead atoms. The highest BCUT2D eigenvalue weighted by atomic mass is 16.4. The first-order valence-electron chi connectivity index (χ1n) is 7.61. The molecule has 0 radical (unpaired) electrons. The summed E-state index contributed by atoms with van der Waals surface area (Å²) >= 11 is 0. The van der Waals surface area contributed by atoms with E-state index in [1.807, 2.05) is 13.8 Å². The fourth-order valence-corrected chi connectivity index (χ4v) is 3.78. The van der Waals surface area contributed by atoms with Crippen molar-refractivity contribution in [1.82, 2.24) is 0 Å². The van der Waals surface area contributed by atoms with Gasteiger partial charge in [0.15, 0.2) is 0 Å². The Bertz CT molecular complexity index is 348. The largest absolute Gasteiger partial charge is 0.481 e. The third-order valence-corrected chi connectivity index (χ3v) is 4.91. The number of aliphatic carboxylic acids is 1. The van der Waals surface area contributed by atoms with E-state index in [2.05, 4.69) is 19.9 Å². The fraction of sp³-hybridized carbons (Fsp3) is 0.812. The van der Waals surface area contributed by atoms with Crippen molar-refractivity contribution in [2.75, 3.05) is 0 Å². The van der Waals surface area contributed by atoms with Crippen molar-refractivity contribution in [3.63, 3.8) is 0 Å². The van der Waals surface area contributed by atoms with Gasteiger partial charge in [-0.05, 0) is 43.1 Å². The van der Waals surface area contributed by atoms with Crippen LogP contribution in [0.2, 0.25) is 0 Å². The lowest BCUT2D eigenvalue weighted by atomic mass is 9.57. The zero-order valence-electron chi connectivity index (χ0n) is 12.6. The van der Waals surface area contributed by atoms with Crippen LogP contribution < -0.4 is 0 Å². The zero-order valence-corrected chi connectivity index (χ0v) is 12.6. The van der Waals surface area contributed by atoms with Gasteiger partial charge in [0.25, 0.3) is 0 Å². The highest BCUT2D eigenvalue weighted by Gasteiger charge is 2.54. The second-order valence-corrected chi connectivity index (χ2v) is 5.66. The number of carboxylic acids is 1. The number of hydrogen-bond acceptors (Lipinski definition) is 2. The van der Waals surface area contributed by atoms with Crippen LogP contribution in [0.1, 0.15) is 59.8 Å². The predicted molar refractivity (Wildman–Crippen MR) is 76.9 cm³/mol. The lowest BCUT2D eigenvalue weighted by Crippen LogP contribution is -2.53. The van der Waals surface area contributed by atoms with Crippen molar-refractivity contribution < 1.29 is 15.0 Å². The van der Waals surface area contributed by atoms with Gasteiger partial charge in [0.1, 0.15) is 5.41 Å². The molecular weight excluding hydrogens is 240 g/mol. The molecule has 0 fully saturated rings. The van der Waals surface area contributed by atoms with Gasteiger partial charge in [-0.1, -0.05) is 40.2 Å². The summed E-state index contributed by atoms with van der Waals surface area (Å²) in [7, 11) is 0. The Balaban J connectivity index is 3.35. The molecule has 0 aromatic heterocycles. The number of carbonyl (C=O) groups is 1. The van der Waals surface area contributed by atoms with Gasteiger partial charge in [0.2, 0.25) is 0 Å². The maximum atomic E-state index is 11.9. The van der Waals surface area contributed by atoms with E-state index in [1.165, 1.54) is 0 Å². The summed E-state index contributed by atoms with van der Waals surface area (Å²) in [5.74, 6) is -0.525. The average Bonchev–Trinajstić information content (AvgIpc) is 2.40. The number of carboxylic acid groups (broad SMARTS) is 1. The monoisotopic (exact) mass is 268 g/mol. The Labute approximate surface area is 116 Å². The third kappa shape index (κ3) is 2.58. The normalized spacial score (nSPS) is 35.0. The Kier molecular flexibility index (Phi) is 5.60. The van der Waals surface area contributed by atoms with E-state index in [0.717, 1.165) is 31.3 Å². The van der Waals surface area contributed by atoms with Gasteiger partial charge in [-0.3, -0.25) is 4.79 Å². The first-order chi connectivity index (χ1) is 8.99. The van der Waals surface area contributed by atoms with Crippen LogP contribution in [0.5, 0.6) is 0 Å². The molecule has 3 heteroatoms. The van der Waals surface area contributed by atoms with Crippen molar-refractivity contribution in [1.29, 1.82) is 0 Å². The maximum Gasteiger partial charge on any atom is 0.312 e. The second-order valence-electron chi connectivity index (χ2n) is 5.66. The van der Waals surface area contributed by atoms with Crippen molar-refractivity contribution in [2.45, 2.75) is 65.9 Å². The molecule has 0 heterocycles. The molecule has 3 nitrogen and oxygen atoms in total. The molecule has 0 aromatic rings. The molecule has 0 saturated carbocycles. The summed E-state index contributed by atoms with van der Waals surface area (Å²) in [6, 6.07) is 0. The Morgan fingerprint density at radius 1 is 1.32 bits per heavy atom. The van der Waals surface area contributed by atoms with Crippen LogP contribution in [0.25, 0.3) is 0 Å². The summed E-state index contributed by atoms with van der Waals surface area (Å²) in [6.07, 6.45) is 5.28. The summed E-state index contributed by atoms with van der Waals surface area (Å²) in [5.41, 5.74) is -0.0972. The molecule has 0 saturated heterocycles. The van der Waals surface area contributed by atoms with Crippen LogP contribution in [0.4, 0.5) is 0 Å². The van der Waals surface area contributed by atoms with Gasteiger partial charge < -0.3 is 10.2 Å². The molecule has 1 aliphatic rings. The lowest BCUT2D eigenvalue weighted by Gasteiger charge is -2.47. The molecule has 1 aliphatic carbocycles. The Hall–Kier alpha value is -0.830. The molecule has 0 aromatic carbocycles. The quantitative estimate of drug-likeness (QED) is 0.723. The molecule has 4 unspecified atom stereocenters. The summed E-state index contributed by atoms with van der Waals surface area (Å²) < 4.78 is 0. The van der Waals surface area contributed by atoms with Crippen LogP contribution in [0.3, 0.4) is 0 Å². The van der Waals surface area contributed by atoms with Gasteiger partial charge in [-0.2, -0.15) is 0 Å². The SMILES string of the molecule is CCCC1C(CC)C=C(CC)C(O)C1(CC)C(=O)O. The van der Waals surface area contributed by atoms with Crippen molar-refractivity contribution >= 4 is 5.97 Å². The van der Waals surface area contributed by atoms with Crippen LogP contribution in [0, 0.1) is 17.3 Å². The van der Waals surface area contributed by atoms with Crippen molar-refractivity contribution in [2.24, 2.45) is 17.3 Å². The van der Waals surface area contributed by atoms with Gasteiger partial charge >= 0.3 is 5.97 Å². The van der Waals surface area contributed by atoms with Crippen molar-refractivity contribution in [3.8, 4) is 0 Å². The van der Waals surface area contributed by atoms with Crippen LogP contribution in [0.15, 0.2) is 11.6 Å². The van der Waals surface area contributed by atoms with E-state index >= 15 is 0 Å². The molecule has 1 rings (SSSR count). The minimum atomic E-state index is -1.00. The minimum absolute atomic E-state index is 0.0373. The standard InChI is InChI=1S/C16H28O3/c1-5-9-13-11(6-2)10-12(7-3)14(17)16(13,8-4)15(18)19/h10-11,13-14,17H,5-9H2,1-4H3,(H,18,19). The molecule has 0 amide bonds. The smallest absolute Gasteiger partial charge is 0.312 e. The minimum Gasteiger partial charge on any atom is -0.481 e. The fourth-order valence-electron chi connectivity index (χ4n) is 3.78. The molecule has 110 valence electrons.